The van der Waals surface area contributed by atoms with E-state index in [1.54, 1.807) is 12.1 Å². The quantitative estimate of drug-likeness (QED) is 0.725. The first-order valence-corrected chi connectivity index (χ1v) is 10.00. The maximum atomic E-state index is 14.9. The van der Waals surface area contributed by atoms with Gasteiger partial charge in [-0.05, 0) is 18.2 Å². The summed E-state index contributed by atoms with van der Waals surface area (Å²) in [6.45, 7) is -0.0782. The van der Waals surface area contributed by atoms with E-state index in [9.17, 15) is 27.6 Å². The Morgan fingerprint density at radius 3 is 2.67 bits per heavy atom. The highest BCUT2D eigenvalue weighted by molar-refractivity contribution is 5.95. The molecule has 1 atom stereocenters. The molecular formula is C22H20F3N3O5. The van der Waals surface area contributed by atoms with Crippen LogP contribution >= 0.6 is 0 Å². The number of hydrogen-bond donors (Lipinski definition) is 1. The number of carbonyl (C=O) groups is 3. The molecule has 0 bridgehead atoms. The molecule has 1 heterocycles. The number of carbonyl (C=O) groups excluding carboxylic acids is 3. The monoisotopic (exact) mass is 463 g/mol. The van der Waals surface area contributed by atoms with Gasteiger partial charge in [0, 0.05) is 37.7 Å². The minimum atomic E-state index is -3.06. The topological polar surface area (TPSA) is 88.2 Å². The zero-order valence-electron chi connectivity index (χ0n) is 17.7. The van der Waals surface area contributed by atoms with Gasteiger partial charge in [0.15, 0.2) is 5.82 Å². The number of anilines is 1. The van der Waals surface area contributed by atoms with Crippen LogP contribution in [0, 0.1) is 11.7 Å². The van der Waals surface area contributed by atoms with Crippen LogP contribution in [0.25, 0.3) is 0 Å². The summed E-state index contributed by atoms with van der Waals surface area (Å²) < 4.78 is 51.5. The zero-order chi connectivity index (χ0) is 23.9. The largest absolute Gasteiger partial charge is 0.415 e. The fourth-order valence-corrected chi connectivity index (χ4v) is 3.29. The fourth-order valence-electron chi connectivity index (χ4n) is 3.29. The second-order valence-corrected chi connectivity index (χ2v) is 8.04. The summed E-state index contributed by atoms with van der Waals surface area (Å²) in [6.07, 6.45) is -1.90. The van der Waals surface area contributed by atoms with Gasteiger partial charge in [0.25, 0.3) is 5.92 Å². The lowest BCUT2D eigenvalue weighted by molar-refractivity contribution is -0.119. The number of alkyl halides is 2. The summed E-state index contributed by atoms with van der Waals surface area (Å²) in [4.78, 5) is 38.5. The van der Waals surface area contributed by atoms with Gasteiger partial charge in [0.1, 0.15) is 17.4 Å². The van der Waals surface area contributed by atoms with E-state index in [2.05, 4.69) is 5.32 Å². The molecule has 2 aromatic carbocycles. The average Bonchev–Trinajstić information content (AvgIpc) is 3.39. The molecule has 0 spiro atoms. The van der Waals surface area contributed by atoms with Crippen molar-refractivity contribution in [1.29, 1.82) is 0 Å². The van der Waals surface area contributed by atoms with Crippen LogP contribution < -0.4 is 14.8 Å². The number of fused-ring (bicyclic) bond motifs is 1. The van der Waals surface area contributed by atoms with E-state index in [0.717, 1.165) is 0 Å². The van der Waals surface area contributed by atoms with Crippen molar-refractivity contribution in [2.24, 2.45) is 5.92 Å². The van der Waals surface area contributed by atoms with Gasteiger partial charge in [-0.3, -0.25) is 9.69 Å². The lowest BCUT2D eigenvalue weighted by Crippen LogP contribution is -2.36. The Morgan fingerprint density at radius 1 is 1.27 bits per heavy atom. The number of benzene rings is 2. The van der Waals surface area contributed by atoms with Crippen LogP contribution in [-0.4, -0.2) is 47.9 Å². The summed E-state index contributed by atoms with van der Waals surface area (Å²) in [5.74, 6) is -5.88. The third-order valence-corrected chi connectivity index (χ3v) is 5.27. The van der Waals surface area contributed by atoms with E-state index < -0.39 is 42.2 Å². The van der Waals surface area contributed by atoms with Gasteiger partial charge in [-0.15, -0.1) is 0 Å². The van der Waals surface area contributed by atoms with Gasteiger partial charge >= 0.3 is 12.2 Å². The third kappa shape index (κ3) is 4.71. The van der Waals surface area contributed by atoms with Crippen molar-refractivity contribution >= 4 is 23.8 Å². The van der Waals surface area contributed by atoms with Crippen LogP contribution in [0.2, 0.25) is 0 Å². The number of amides is 3. The van der Waals surface area contributed by atoms with Crippen LogP contribution in [-0.2, 0) is 17.9 Å². The first kappa shape index (κ1) is 22.4. The Hall–Kier alpha value is -3.76. The van der Waals surface area contributed by atoms with Gasteiger partial charge in [0.05, 0.1) is 18.8 Å². The Balaban J connectivity index is 1.45. The van der Waals surface area contributed by atoms with E-state index in [1.165, 1.54) is 48.2 Å². The highest BCUT2D eigenvalue weighted by atomic mass is 19.3. The minimum Gasteiger partial charge on any atom is -0.410 e. The number of nitrogens with zero attached hydrogens (tertiary/aromatic N) is 2. The number of hydrogen-bond acceptors (Lipinski definition) is 5. The standard InChI is InChI=1S/C22H20F3N3O5/c1-27(2)20(30)32-14-7-6-12-10-28(21(31)33-17(12)8-14)11-13-4-3-5-16(18(13)23)26-19(29)15-9-22(15,24)25/h3-8,15H,9-11H2,1-2H3,(H,26,29). The molecule has 1 unspecified atom stereocenters. The summed E-state index contributed by atoms with van der Waals surface area (Å²) in [7, 11) is 3.05. The first-order chi connectivity index (χ1) is 15.5. The van der Waals surface area contributed by atoms with Crippen molar-refractivity contribution < 1.29 is 37.0 Å². The van der Waals surface area contributed by atoms with Crippen molar-refractivity contribution in [1.82, 2.24) is 9.80 Å². The van der Waals surface area contributed by atoms with E-state index in [-0.39, 0.29) is 35.8 Å². The molecule has 1 saturated carbocycles. The van der Waals surface area contributed by atoms with Gasteiger partial charge in [-0.1, -0.05) is 12.1 Å². The summed E-state index contributed by atoms with van der Waals surface area (Å²) in [6, 6.07) is 8.71. The number of ether oxygens (including phenoxy) is 2. The van der Waals surface area contributed by atoms with Crippen LogP contribution in [0.15, 0.2) is 36.4 Å². The first-order valence-electron chi connectivity index (χ1n) is 10.00. The van der Waals surface area contributed by atoms with Crippen molar-refractivity contribution in [2.45, 2.75) is 25.4 Å². The van der Waals surface area contributed by atoms with Gasteiger partial charge in [-0.2, -0.15) is 0 Å². The van der Waals surface area contributed by atoms with Gasteiger partial charge < -0.3 is 19.7 Å². The molecule has 33 heavy (non-hydrogen) atoms. The Morgan fingerprint density at radius 2 is 2.00 bits per heavy atom. The summed E-state index contributed by atoms with van der Waals surface area (Å²) in [5, 5.41) is 2.19. The molecule has 1 N–H and O–H groups in total. The molecule has 3 amide bonds. The molecular weight excluding hydrogens is 443 g/mol. The normalized spacial score (nSPS) is 18.2. The second-order valence-electron chi connectivity index (χ2n) is 8.04. The zero-order valence-corrected chi connectivity index (χ0v) is 17.7. The number of nitrogens with one attached hydrogen (secondary N) is 1. The molecule has 1 fully saturated rings. The second kappa shape index (κ2) is 8.30. The molecule has 0 aromatic heterocycles. The van der Waals surface area contributed by atoms with Crippen molar-refractivity contribution in [3.05, 3.63) is 53.3 Å². The average molecular weight is 463 g/mol. The van der Waals surface area contributed by atoms with Gasteiger partial charge in [0.2, 0.25) is 5.91 Å². The highest BCUT2D eigenvalue weighted by Gasteiger charge is 2.61. The molecule has 2 aromatic rings. The lowest BCUT2D eigenvalue weighted by Gasteiger charge is -2.28. The molecule has 8 nitrogen and oxygen atoms in total. The molecule has 1 aliphatic heterocycles. The van der Waals surface area contributed by atoms with E-state index in [4.69, 9.17) is 9.47 Å². The Kier molecular flexibility index (Phi) is 5.64. The number of rotatable bonds is 5. The fraction of sp³-hybridized carbons (Fsp3) is 0.318. The smallest absolute Gasteiger partial charge is 0.410 e. The van der Waals surface area contributed by atoms with Crippen LogP contribution in [0.4, 0.5) is 28.4 Å². The predicted molar refractivity (Wildman–Crippen MR) is 110 cm³/mol. The van der Waals surface area contributed by atoms with Crippen molar-refractivity contribution in [3.8, 4) is 11.5 Å². The summed E-state index contributed by atoms with van der Waals surface area (Å²) in [5.41, 5.74) is 0.450. The van der Waals surface area contributed by atoms with Crippen molar-refractivity contribution in [3.63, 3.8) is 0 Å². The number of halogens is 3. The molecule has 0 radical (unpaired) electrons. The Labute approximate surface area is 186 Å². The maximum Gasteiger partial charge on any atom is 0.415 e. The molecule has 1 aliphatic carbocycles. The molecule has 0 saturated heterocycles. The van der Waals surface area contributed by atoms with E-state index in [0.29, 0.717) is 5.56 Å². The van der Waals surface area contributed by atoms with Gasteiger partial charge in [-0.25, -0.2) is 22.8 Å². The minimum absolute atomic E-state index is 0.0762. The SMILES string of the molecule is CN(C)C(=O)Oc1ccc2c(c1)OC(=O)N(Cc1cccc(NC(=O)C3CC3(F)F)c1F)C2. The third-order valence-electron chi connectivity index (χ3n) is 5.27. The van der Waals surface area contributed by atoms with Crippen LogP contribution in [0.3, 0.4) is 0 Å². The Bertz CT molecular complexity index is 1140. The molecule has 2 aliphatic rings. The molecule has 4 rings (SSSR count). The predicted octanol–water partition coefficient (Wildman–Crippen LogP) is 3.99. The van der Waals surface area contributed by atoms with Crippen LogP contribution in [0.5, 0.6) is 11.5 Å². The van der Waals surface area contributed by atoms with E-state index >= 15 is 0 Å². The molecule has 11 heteroatoms. The molecule has 174 valence electrons. The highest BCUT2D eigenvalue weighted by Crippen LogP contribution is 2.49. The maximum absolute atomic E-state index is 14.9. The van der Waals surface area contributed by atoms with Crippen LogP contribution in [0.1, 0.15) is 17.5 Å². The lowest BCUT2D eigenvalue weighted by atomic mass is 10.1. The van der Waals surface area contributed by atoms with Crippen molar-refractivity contribution in [2.75, 3.05) is 19.4 Å². The van der Waals surface area contributed by atoms with E-state index in [1.807, 2.05) is 0 Å². The summed E-state index contributed by atoms with van der Waals surface area (Å²) >= 11 is 0.